The highest BCUT2D eigenvalue weighted by Crippen LogP contribution is 2.16. The molecule has 1 unspecified atom stereocenters. The SMILES string of the molecule is CC(C)(C)OC(=O)C(N)CC1=CCN(C(=O)O)C1. The van der Waals surface area contributed by atoms with Crippen molar-refractivity contribution >= 4 is 12.1 Å². The van der Waals surface area contributed by atoms with Gasteiger partial charge in [0, 0.05) is 13.1 Å². The van der Waals surface area contributed by atoms with Crippen LogP contribution < -0.4 is 5.73 Å². The van der Waals surface area contributed by atoms with E-state index in [1.807, 2.05) is 0 Å². The molecule has 0 radical (unpaired) electrons. The fraction of sp³-hybridized carbons (Fsp3) is 0.667. The minimum absolute atomic E-state index is 0.311. The maximum atomic E-state index is 11.7. The molecule has 3 N–H and O–H groups in total. The number of nitrogens with two attached hydrogens (primary N) is 1. The number of carboxylic acid groups (broad SMARTS) is 1. The third-order valence-corrected chi connectivity index (χ3v) is 2.46. The average molecular weight is 256 g/mol. The van der Waals surface area contributed by atoms with E-state index in [0.717, 1.165) is 5.57 Å². The number of hydrogen-bond donors (Lipinski definition) is 2. The Labute approximate surface area is 106 Å². The predicted octanol–water partition coefficient (Wildman–Crippen LogP) is 0.965. The van der Waals surface area contributed by atoms with E-state index in [1.54, 1.807) is 26.8 Å². The number of carbonyl (C=O) groups is 2. The normalized spacial score (nSPS) is 17.3. The largest absolute Gasteiger partial charge is 0.465 e. The van der Waals surface area contributed by atoms with Crippen LogP contribution in [-0.4, -0.2) is 46.8 Å². The summed E-state index contributed by atoms with van der Waals surface area (Å²) in [6.07, 6.45) is 1.16. The fourth-order valence-electron chi connectivity index (χ4n) is 1.65. The van der Waals surface area contributed by atoms with Crippen molar-refractivity contribution in [2.24, 2.45) is 5.73 Å². The van der Waals surface area contributed by atoms with E-state index in [4.69, 9.17) is 15.6 Å². The van der Waals surface area contributed by atoms with Crippen LogP contribution in [0.25, 0.3) is 0 Å². The number of hydrogen-bond acceptors (Lipinski definition) is 4. The lowest BCUT2D eigenvalue weighted by atomic mass is 10.1. The zero-order valence-corrected chi connectivity index (χ0v) is 11.0. The lowest BCUT2D eigenvalue weighted by Gasteiger charge is -2.22. The molecule has 0 saturated carbocycles. The summed E-state index contributed by atoms with van der Waals surface area (Å²) in [5.41, 5.74) is 6.04. The third kappa shape index (κ3) is 4.37. The topological polar surface area (TPSA) is 92.9 Å². The minimum Gasteiger partial charge on any atom is -0.465 e. The molecule has 0 aromatic heterocycles. The van der Waals surface area contributed by atoms with Gasteiger partial charge >= 0.3 is 12.1 Å². The summed E-state index contributed by atoms with van der Waals surface area (Å²) in [6.45, 7) is 5.99. The Bertz CT molecular complexity index is 371. The predicted molar refractivity (Wildman–Crippen MR) is 66.1 cm³/mol. The van der Waals surface area contributed by atoms with E-state index in [1.165, 1.54) is 4.90 Å². The van der Waals surface area contributed by atoms with E-state index in [-0.39, 0.29) is 0 Å². The van der Waals surface area contributed by atoms with Crippen molar-refractivity contribution in [3.05, 3.63) is 11.6 Å². The fourth-order valence-corrected chi connectivity index (χ4v) is 1.65. The molecule has 0 aromatic rings. The van der Waals surface area contributed by atoms with Crippen molar-refractivity contribution in [1.29, 1.82) is 0 Å². The first-order chi connectivity index (χ1) is 8.19. The van der Waals surface area contributed by atoms with Crippen LogP contribution in [0, 0.1) is 0 Å². The molecule has 102 valence electrons. The van der Waals surface area contributed by atoms with Crippen molar-refractivity contribution in [2.45, 2.75) is 38.8 Å². The standard InChI is InChI=1S/C12H20N2O4/c1-12(2,3)18-10(15)9(13)6-8-4-5-14(7-8)11(16)17/h4,9H,5-7,13H2,1-3H3,(H,16,17). The quantitative estimate of drug-likeness (QED) is 0.579. The Morgan fingerprint density at radius 1 is 1.56 bits per heavy atom. The van der Waals surface area contributed by atoms with Gasteiger partial charge in [-0.1, -0.05) is 11.6 Å². The molecule has 1 rings (SSSR count). The molecule has 1 heterocycles. The summed E-state index contributed by atoms with van der Waals surface area (Å²) in [4.78, 5) is 23.6. The Balaban J connectivity index is 2.44. The molecule has 0 aliphatic carbocycles. The van der Waals surface area contributed by atoms with Gasteiger partial charge < -0.3 is 20.5 Å². The Morgan fingerprint density at radius 3 is 2.61 bits per heavy atom. The Kier molecular flexibility index (Phi) is 4.34. The van der Waals surface area contributed by atoms with Crippen molar-refractivity contribution in [1.82, 2.24) is 4.90 Å². The Hall–Kier alpha value is -1.56. The molecule has 1 amide bonds. The monoisotopic (exact) mass is 256 g/mol. The van der Waals surface area contributed by atoms with Crippen LogP contribution in [0.4, 0.5) is 4.79 Å². The molecular weight excluding hydrogens is 236 g/mol. The number of rotatable bonds is 3. The van der Waals surface area contributed by atoms with Crippen LogP contribution in [0.5, 0.6) is 0 Å². The maximum absolute atomic E-state index is 11.7. The van der Waals surface area contributed by atoms with Gasteiger partial charge in [-0.05, 0) is 27.2 Å². The van der Waals surface area contributed by atoms with Gasteiger partial charge in [0.05, 0.1) is 0 Å². The van der Waals surface area contributed by atoms with Crippen LogP contribution >= 0.6 is 0 Å². The number of amides is 1. The number of ether oxygens (including phenoxy) is 1. The highest BCUT2D eigenvalue weighted by molar-refractivity contribution is 5.76. The molecule has 0 aromatic carbocycles. The summed E-state index contributed by atoms with van der Waals surface area (Å²) in [6, 6.07) is -0.746. The molecule has 18 heavy (non-hydrogen) atoms. The van der Waals surface area contributed by atoms with E-state index in [2.05, 4.69) is 0 Å². The van der Waals surface area contributed by atoms with E-state index < -0.39 is 23.7 Å². The lowest BCUT2D eigenvalue weighted by molar-refractivity contribution is -0.156. The van der Waals surface area contributed by atoms with Crippen LogP contribution in [0.3, 0.4) is 0 Å². The summed E-state index contributed by atoms with van der Waals surface area (Å²) in [5, 5.41) is 8.80. The summed E-state index contributed by atoms with van der Waals surface area (Å²) in [7, 11) is 0. The molecule has 0 spiro atoms. The van der Waals surface area contributed by atoms with Crippen LogP contribution in [0.15, 0.2) is 11.6 Å². The molecule has 0 bridgehead atoms. The second kappa shape index (κ2) is 5.39. The first kappa shape index (κ1) is 14.5. The first-order valence-corrected chi connectivity index (χ1v) is 5.83. The van der Waals surface area contributed by atoms with Crippen LogP contribution in [0.2, 0.25) is 0 Å². The molecule has 6 heteroatoms. The second-order valence-electron chi connectivity index (χ2n) is 5.37. The molecule has 1 aliphatic rings. The van der Waals surface area contributed by atoms with Gasteiger partial charge in [0.2, 0.25) is 0 Å². The van der Waals surface area contributed by atoms with Crippen molar-refractivity contribution in [3.63, 3.8) is 0 Å². The van der Waals surface area contributed by atoms with Crippen LogP contribution in [0.1, 0.15) is 27.2 Å². The van der Waals surface area contributed by atoms with Crippen molar-refractivity contribution < 1.29 is 19.4 Å². The summed E-state index contributed by atoms with van der Waals surface area (Å²) >= 11 is 0. The lowest BCUT2D eigenvalue weighted by Crippen LogP contribution is -2.38. The van der Waals surface area contributed by atoms with Crippen molar-refractivity contribution in [2.75, 3.05) is 13.1 Å². The average Bonchev–Trinajstić information content (AvgIpc) is 2.63. The number of esters is 1. The van der Waals surface area contributed by atoms with E-state index >= 15 is 0 Å². The van der Waals surface area contributed by atoms with Gasteiger partial charge in [0.1, 0.15) is 11.6 Å². The zero-order valence-electron chi connectivity index (χ0n) is 11.0. The number of carbonyl (C=O) groups excluding carboxylic acids is 1. The highest BCUT2D eigenvalue weighted by Gasteiger charge is 2.25. The maximum Gasteiger partial charge on any atom is 0.407 e. The van der Waals surface area contributed by atoms with E-state index in [0.29, 0.717) is 19.5 Å². The van der Waals surface area contributed by atoms with Gasteiger partial charge in [-0.25, -0.2) is 4.79 Å². The van der Waals surface area contributed by atoms with Gasteiger partial charge in [0.25, 0.3) is 0 Å². The van der Waals surface area contributed by atoms with Crippen molar-refractivity contribution in [3.8, 4) is 0 Å². The van der Waals surface area contributed by atoms with Gasteiger partial charge in [-0.2, -0.15) is 0 Å². The minimum atomic E-state index is -0.966. The molecule has 0 fully saturated rings. The summed E-state index contributed by atoms with van der Waals surface area (Å²) < 4.78 is 5.16. The van der Waals surface area contributed by atoms with Gasteiger partial charge in [-0.3, -0.25) is 4.79 Å². The summed E-state index contributed by atoms with van der Waals surface area (Å²) in [5.74, 6) is -0.461. The molecule has 1 aliphatic heterocycles. The molecular formula is C12H20N2O4. The smallest absolute Gasteiger partial charge is 0.407 e. The second-order valence-corrected chi connectivity index (χ2v) is 5.37. The highest BCUT2D eigenvalue weighted by atomic mass is 16.6. The van der Waals surface area contributed by atoms with Crippen LogP contribution in [-0.2, 0) is 9.53 Å². The van der Waals surface area contributed by atoms with Gasteiger partial charge in [0.15, 0.2) is 0 Å². The molecule has 6 nitrogen and oxygen atoms in total. The first-order valence-electron chi connectivity index (χ1n) is 5.83. The molecule has 1 atom stereocenters. The third-order valence-electron chi connectivity index (χ3n) is 2.46. The number of nitrogens with zero attached hydrogens (tertiary/aromatic N) is 1. The zero-order chi connectivity index (χ0) is 13.9. The Morgan fingerprint density at radius 2 is 2.17 bits per heavy atom. The molecule has 0 saturated heterocycles. The van der Waals surface area contributed by atoms with Gasteiger partial charge in [-0.15, -0.1) is 0 Å². The van der Waals surface area contributed by atoms with E-state index in [9.17, 15) is 9.59 Å².